The minimum atomic E-state index is -0.561. The number of ether oxygens (including phenoxy) is 1. The Morgan fingerprint density at radius 2 is 1.77 bits per heavy atom. The first-order chi connectivity index (χ1) is 14.5. The van der Waals surface area contributed by atoms with Gasteiger partial charge in [-0.05, 0) is 31.0 Å². The minimum Gasteiger partial charge on any atom is -0.477 e. The highest BCUT2D eigenvalue weighted by Gasteiger charge is 2.22. The average Bonchev–Trinajstić information content (AvgIpc) is 2.77. The van der Waals surface area contributed by atoms with Crippen LogP contribution in [0.2, 0.25) is 0 Å². The summed E-state index contributed by atoms with van der Waals surface area (Å²) in [6, 6.07) is 12.9. The number of rotatable bonds is 7. The highest BCUT2D eigenvalue weighted by Crippen LogP contribution is 2.26. The summed E-state index contributed by atoms with van der Waals surface area (Å²) in [5.41, 5.74) is 0.659. The van der Waals surface area contributed by atoms with Crippen LogP contribution in [-0.2, 0) is 4.79 Å². The van der Waals surface area contributed by atoms with E-state index in [2.05, 4.69) is 5.32 Å². The summed E-state index contributed by atoms with van der Waals surface area (Å²) >= 11 is 0. The number of nitro benzene ring substituents is 1. The van der Waals surface area contributed by atoms with E-state index in [9.17, 15) is 19.7 Å². The Hall–Kier alpha value is -3.42. The lowest BCUT2D eigenvalue weighted by Crippen LogP contribution is -2.38. The lowest BCUT2D eigenvalue weighted by atomic mass is 9.95. The number of benzene rings is 2. The first kappa shape index (κ1) is 21.3. The molecule has 2 aromatic rings. The van der Waals surface area contributed by atoms with E-state index >= 15 is 0 Å². The molecule has 158 valence electrons. The van der Waals surface area contributed by atoms with E-state index in [1.165, 1.54) is 29.5 Å². The molecule has 3 rings (SSSR count). The molecule has 8 nitrogen and oxygen atoms in total. The number of carbonyl (C=O) groups is 2. The number of para-hydroxylation sites is 3. The molecule has 0 atom stereocenters. The largest absolute Gasteiger partial charge is 0.477 e. The molecule has 2 aromatic carbocycles. The number of amides is 2. The lowest BCUT2D eigenvalue weighted by molar-refractivity contribution is -0.385. The molecule has 1 fully saturated rings. The summed E-state index contributed by atoms with van der Waals surface area (Å²) in [4.78, 5) is 37.3. The van der Waals surface area contributed by atoms with E-state index in [4.69, 9.17) is 4.74 Å². The summed E-state index contributed by atoms with van der Waals surface area (Å²) in [7, 11) is 1.55. The molecule has 0 saturated heterocycles. The first-order valence-corrected chi connectivity index (χ1v) is 10.00. The predicted molar refractivity (Wildman–Crippen MR) is 113 cm³/mol. The lowest BCUT2D eigenvalue weighted by Gasteiger charge is -2.25. The molecule has 1 aliphatic carbocycles. The van der Waals surface area contributed by atoms with Crippen molar-refractivity contribution in [2.45, 2.75) is 38.1 Å². The molecule has 2 amide bonds. The summed E-state index contributed by atoms with van der Waals surface area (Å²) in [5.74, 6) is -0.615. The number of hydrogen-bond acceptors (Lipinski definition) is 5. The van der Waals surface area contributed by atoms with E-state index in [0.29, 0.717) is 11.3 Å². The Balaban J connectivity index is 1.69. The fourth-order valence-electron chi connectivity index (χ4n) is 3.57. The SMILES string of the molecule is CN(C(=O)COc1ccccc1[N+](=O)[O-])c1ccccc1C(=O)NC1CCCCC1. The maximum absolute atomic E-state index is 12.8. The molecule has 1 N–H and O–H groups in total. The molecule has 0 spiro atoms. The molecule has 0 aromatic heterocycles. The monoisotopic (exact) mass is 411 g/mol. The van der Waals surface area contributed by atoms with Crippen molar-refractivity contribution in [1.29, 1.82) is 0 Å². The maximum atomic E-state index is 12.8. The van der Waals surface area contributed by atoms with Crippen molar-refractivity contribution in [3.8, 4) is 5.75 Å². The predicted octanol–water partition coefficient (Wildman–Crippen LogP) is 3.70. The molecule has 0 aliphatic heterocycles. The first-order valence-electron chi connectivity index (χ1n) is 10.00. The third-order valence-corrected chi connectivity index (χ3v) is 5.24. The summed E-state index contributed by atoms with van der Waals surface area (Å²) < 4.78 is 5.39. The van der Waals surface area contributed by atoms with Gasteiger partial charge in [-0.25, -0.2) is 0 Å². The zero-order valence-corrected chi connectivity index (χ0v) is 16.9. The molecule has 0 radical (unpaired) electrons. The number of hydrogen-bond donors (Lipinski definition) is 1. The molecular weight excluding hydrogens is 386 g/mol. The molecule has 1 saturated carbocycles. The Labute approximate surface area is 175 Å². The zero-order chi connectivity index (χ0) is 21.5. The van der Waals surface area contributed by atoms with Gasteiger partial charge in [0.25, 0.3) is 11.8 Å². The van der Waals surface area contributed by atoms with Gasteiger partial charge in [-0.3, -0.25) is 19.7 Å². The van der Waals surface area contributed by atoms with Gasteiger partial charge in [-0.15, -0.1) is 0 Å². The Kier molecular flexibility index (Phi) is 7.00. The van der Waals surface area contributed by atoms with Crippen LogP contribution in [0, 0.1) is 10.1 Å². The van der Waals surface area contributed by atoms with Gasteiger partial charge in [0.05, 0.1) is 16.2 Å². The maximum Gasteiger partial charge on any atom is 0.310 e. The minimum absolute atomic E-state index is 0.0209. The van der Waals surface area contributed by atoms with Crippen LogP contribution >= 0.6 is 0 Å². The van der Waals surface area contributed by atoms with Crippen LogP contribution in [-0.4, -0.2) is 36.4 Å². The van der Waals surface area contributed by atoms with Gasteiger partial charge >= 0.3 is 5.69 Å². The second kappa shape index (κ2) is 9.87. The normalized spacial score (nSPS) is 14.0. The summed E-state index contributed by atoms with van der Waals surface area (Å²) in [5, 5.41) is 14.2. The summed E-state index contributed by atoms with van der Waals surface area (Å²) in [6.45, 7) is -0.389. The fraction of sp³-hybridized carbons (Fsp3) is 0.364. The zero-order valence-electron chi connectivity index (χ0n) is 16.9. The number of anilines is 1. The quantitative estimate of drug-likeness (QED) is 0.553. The second-order valence-corrected chi connectivity index (χ2v) is 7.29. The van der Waals surface area contributed by atoms with Gasteiger partial charge in [0.2, 0.25) is 0 Å². The average molecular weight is 411 g/mol. The van der Waals surface area contributed by atoms with Crippen molar-refractivity contribution in [2.24, 2.45) is 0 Å². The Morgan fingerprint density at radius 1 is 1.10 bits per heavy atom. The smallest absolute Gasteiger partial charge is 0.310 e. The van der Waals surface area contributed by atoms with Gasteiger partial charge in [0, 0.05) is 19.2 Å². The number of nitrogens with one attached hydrogen (secondary N) is 1. The van der Waals surface area contributed by atoms with Crippen molar-refractivity contribution in [2.75, 3.05) is 18.6 Å². The van der Waals surface area contributed by atoms with Gasteiger partial charge in [0.15, 0.2) is 12.4 Å². The third-order valence-electron chi connectivity index (χ3n) is 5.24. The van der Waals surface area contributed by atoms with Crippen LogP contribution in [0.1, 0.15) is 42.5 Å². The van der Waals surface area contributed by atoms with Crippen molar-refractivity contribution in [1.82, 2.24) is 5.32 Å². The van der Waals surface area contributed by atoms with Gasteiger partial charge in [-0.2, -0.15) is 0 Å². The van der Waals surface area contributed by atoms with E-state index in [-0.39, 0.29) is 30.0 Å². The highest BCUT2D eigenvalue weighted by molar-refractivity contribution is 6.05. The topological polar surface area (TPSA) is 102 Å². The standard InChI is InChI=1S/C22H25N3O5/c1-24(21(26)15-30-20-14-8-7-13-19(20)25(28)29)18-12-6-5-11-17(18)22(27)23-16-9-3-2-4-10-16/h5-8,11-14,16H,2-4,9-10,15H2,1H3,(H,23,27). The van der Waals surface area contributed by atoms with Crippen LogP contribution in [0.3, 0.4) is 0 Å². The van der Waals surface area contributed by atoms with Crippen molar-refractivity contribution in [3.05, 3.63) is 64.2 Å². The van der Waals surface area contributed by atoms with Crippen LogP contribution in [0.25, 0.3) is 0 Å². The van der Waals surface area contributed by atoms with Crippen LogP contribution in [0.15, 0.2) is 48.5 Å². The number of nitro groups is 1. The van der Waals surface area contributed by atoms with E-state index in [0.717, 1.165) is 25.7 Å². The summed E-state index contributed by atoms with van der Waals surface area (Å²) in [6.07, 6.45) is 5.33. The van der Waals surface area contributed by atoms with E-state index in [1.807, 2.05) is 0 Å². The molecule has 0 unspecified atom stereocenters. The van der Waals surface area contributed by atoms with Crippen molar-refractivity contribution in [3.63, 3.8) is 0 Å². The molecule has 1 aliphatic rings. The van der Waals surface area contributed by atoms with E-state index in [1.54, 1.807) is 37.4 Å². The third kappa shape index (κ3) is 5.14. The molecular formula is C22H25N3O5. The fourth-order valence-corrected chi connectivity index (χ4v) is 3.57. The molecule has 30 heavy (non-hydrogen) atoms. The van der Waals surface area contributed by atoms with Crippen molar-refractivity contribution < 1.29 is 19.2 Å². The molecule has 8 heteroatoms. The molecule has 0 heterocycles. The van der Waals surface area contributed by atoms with Crippen LogP contribution in [0.4, 0.5) is 11.4 Å². The highest BCUT2D eigenvalue weighted by atomic mass is 16.6. The van der Waals surface area contributed by atoms with Gasteiger partial charge in [-0.1, -0.05) is 43.5 Å². The van der Waals surface area contributed by atoms with Crippen molar-refractivity contribution >= 4 is 23.2 Å². The number of nitrogens with zero attached hydrogens (tertiary/aromatic N) is 2. The van der Waals surface area contributed by atoms with Crippen LogP contribution < -0.4 is 15.0 Å². The van der Waals surface area contributed by atoms with Gasteiger partial charge in [0.1, 0.15) is 0 Å². The van der Waals surface area contributed by atoms with Crippen LogP contribution in [0.5, 0.6) is 5.75 Å². The second-order valence-electron chi connectivity index (χ2n) is 7.29. The number of carbonyl (C=O) groups excluding carboxylic acids is 2. The van der Waals surface area contributed by atoms with E-state index < -0.39 is 10.8 Å². The Morgan fingerprint density at radius 3 is 2.50 bits per heavy atom. The molecule has 0 bridgehead atoms. The van der Waals surface area contributed by atoms with Gasteiger partial charge < -0.3 is 15.0 Å². The number of likely N-dealkylation sites (N-methyl/N-ethyl adjacent to an activating group) is 1. The Bertz CT molecular complexity index is 924.